The first-order valence-corrected chi connectivity index (χ1v) is 18.5. The van der Waals surface area contributed by atoms with E-state index in [9.17, 15) is 0 Å². The number of hydrogen-bond donors (Lipinski definition) is 0. The molecule has 0 aliphatic carbocycles. The van der Waals surface area contributed by atoms with E-state index in [1.165, 1.54) is 59.8 Å². The van der Waals surface area contributed by atoms with E-state index in [0.717, 1.165) is 60.6 Å². The maximum absolute atomic E-state index is 6.70. The van der Waals surface area contributed by atoms with Gasteiger partial charge in [0.2, 0.25) is 0 Å². The second kappa shape index (κ2) is 11.2. The molecule has 0 N–H and O–H groups in total. The molecule has 54 heavy (non-hydrogen) atoms. The van der Waals surface area contributed by atoms with E-state index in [0.29, 0.717) is 0 Å². The molecule has 0 saturated heterocycles. The van der Waals surface area contributed by atoms with Crippen LogP contribution in [0.2, 0.25) is 0 Å². The quantitative estimate of drug-likeness (QED) is 0.137. The van der Waals surface area contributed by atoms with Gasteiger partial charge in [0.1, 0.15) is 22.3 Å². The van der Waals surface area contributed by atoms with Crippen molar-refractivity contribution >= 4 is 87.0 Å². The lowest BCUT2D eigenvalue weighted by Crippen LogP contribution is -1.90. The van der Waals surface area contributed by atoms with Crippen molar-refractivity contribution in [2.45, 2.75) is 0 Å². The Hall–Kier alpha value is -7.16. The average molecular weight is 687 g/mol. The molecule has 0 fully saturated rings. The Morgan fingerprint density at radius 1 is 0.241 bits per heavy atom. The van der Waals surface area contributed by atoms with Crippen LogP contribution < -0.4 is 0 Å². The predicted molar refractivity (Wildman–Crippen MR) is 227 cm³/mol. The molecule has 2 aromatic heterocycles. The summed E-state index contributed by atoms with van der Waals surface area (Å²) >= 11 is 0. The van der Waals surface area contributed by atoms with Gasteiger partial charge in [-0.1, -0.05) is 146 Å². The molecule has 12 aromatic rings. The van der Waals surface area contributed by atoms with Gasteiger partial charge >= 0.3 is 0 Å². The van der Waals surface area contributed by atoms with E-state index < -0.39 is 0 Å². The molecule has 0 unspecified atom stereocenters. The Kier molecular flexibility index (Phi) is 6.09. The highest BCUT2D eigenvalue weighted by atomic mass is 16.3. The number of rotatable bonds is 3. The van der Waals surface area contributed by atoms with E-state index in [4.69, 9.17) is 8.83 Å². The van der Waals surface area contributed by atoms with Crippen LogP contribution in [0.25, 0.3) is 120 Å². The smallest absolute Gasteiger partial charge is 0.143 e. The zero-order valence-electron chi connectivity index (χ0n) is 29.1. The summed E-state index contributed by atoms with van der Waals surface area (Å²) in [6, 6.07) is 65.4. The van der Waals surface area contributed by atoms with Crippen LogP contribution in [-0.2, 0) is 0 Å². The first-order valence-electron chi connectivity index (χ1n) is 18.5. The number of hydrogen-bond acceptors (Lipinski definition) is 2. The second-order valence-corrected chi connectivity index (χ2v) is 14.3. The third-order valence-corrected chi connectivity index (χ3v) is 11.4. The van der Waals surface area contributed by atoms with Crippen LogP contribution in [-0.4, -0.2) is 0 Å². The Bertz CT molecular complexity index is 3430. The van der Waals surface area contributed by atoms with Crippen molar-refractivity contribution < 1.29 is 8.83 Å². The lowest BCUT2D eigenvalue weighted by atomic mass is 9.86. The first-order chi connectivity index (χ1) is 26.8. The fourth-order valence-electron chi connectivity index (χ4n) is 9.05. The van der Waals surface area contributed by atoms with Crippen molar-refractivity contribution in [3.63, 3.8) is 0 Å². The SMILES string of the molecule is c1ccc(-c2c3ccccc3c(-c3ccc4c(c3)oc3cc(-c5ccc6c(c5)oc5c7ccccc7c7ccccc7c65)ccc34)c3ccccc23)cc1. The maximum Gasteiger partial charge on any atom is 0.143 e. The van der Waals surface area contributed by atoms with Gasteiger partial charge < -0.3 is 8.83 Å². The van der Waals surface area contributed by atoms with Crippen molar-refractivity contribution in [1.29, 1.82) is 0 Å². The molecule has 0 bridgehead atoms. The van der Waals surface area contributed by atoms with Gasteiger partial charge in [-0.25, -0.2) is 0 Å². The van der Waals surface area contributed by atoms with Gasteiger partial charge in [-0.3, -0.25) is 0 Å². The topological polar surface area (TPSA) is 26.3 Å². The van der Waals surface area contributed by atoms with Crippen molar-refractivity contribution in [3.05, 3.63) is 182 Å². The molecule has 0 saturated carbocycles. The minimum absolute atomic E-state index is 0.871. The molecule has 0 amide bonds. The monoisotopic (exact) mass is 686 g/mol. The number of furan rings is 2. The highest BCUT2D eigenvalue weighted by molar-refractivity contribution is 6.30. The molecular formula is C52H30O2. The van der Waals surface area contributed by atoms with Gasteiger partial charge in [-0.15, -0.1) is 0 Å². The third kappa shape index (κ3) is 4.17. The average Bonchev–Trinajstić information content (AvgIpc) is 3.81. The molecule has 0 aliphatic heterocycles. The maximum atomic E-state index is 6.70. The minimum atomic E-state index is 0.871. The van der Waals surface area contributed by atoms with Gasteiger partial charge in [-0.2, -0.15) is 0 Å². The van der Waals surface area contributed by atoms with Crippen LogP contribution in [0.5, 0.6) is 0 Å². The first kappa shape index (κ1) is 29.4. The van der Waals surface area contributed by atoms with E-state index in [-0.39, 0.29) is 0 Å². The molecule has 10 aromatic carbocycles. The molecule has 0 atom stereocenters. The molecule has 12 rings (SSSR count). The second-order valence-electron chi connectivity index (χ2n) is 14.3. The highest BCUT2D eigenvalue weighted by Crippen LogP contribution is 2.46. The minimum Gasteiger partial charge on any atom is -0.456 e. The molecule has 0 spiro atoms. The van der Waals surface area contributed by atoms with Crippen molar-refractivity contribution in [2.24, 2.45) is 0 Å². The number of fused-ring (bicyclic) bond motifs is 13. The Balaban J connectivity index is 1.01. The normalized spacial score (nSPS) is 12.1. The van der Waals surface area contributed by atoms with E-state index in [1.54, 1.807) is 0 Å². The van der Waals surface area contributed by atoms with Crippen LogP contribution in [0.3, 0.4) is 0 Å². The molecular weight excluding hydrogens is 657 g/mol. The van der Waals surface area contributed by atoms with E-state index in [1.807, 2.05) is 0 Å². The summed E-state index contributed by atoms with van der Waals surface area (Å²) in [5, 5.41) is 14.3. The summed E-state index contributed by atoms with van der Waals surface area (Å²) in [6.07, 6.45) is 0. The highest BCUT2D eigenvalue weighted by Gasteiger charge is 2.19. The largest absolute Gasteiger partial charge is 0.456 e. The third-order valence-electron chi connectivity index (χ3n) is 11.4. The van der Waals surface area contributed by atoms with Crippen LogP contribution in [0.15, 0.2) is 191 Å². The van der Waals surface area contributed by atoms with E-state index >= 15 is 0 Å². The Labute approximate surface area is 310 Å². The van der Waals surface area contributed by atoms with Crippen LogP contribution >= 0.6 is 0 Å². The van der Waals surface area contributed by atoms with Gasteiger partial charge in [0.05, 0.1) is 0 Å². The summed E-state index contributed by atoms with van der Waals surface area (Å²) in [4.78, 5) is 0. The zero-order chi connectivity index (χ0) is 35.3. The van der Waals surface area contributed by atoms with Crippen LogP contribution in [0.4, 0.5) is 0 Å². The van der Waals surface area contributed by atoms with Crippen molar-refractivity contribution in [2.75, 3.05) is 0 Å². The summed E-state index contributed by atoms with van der Waals surface area (Å²) in [7, 11) is 0. The molecule has 2 nitrogen and oxygen atoms in total. The van der Waals surface area contributed by atoms with Crippen LogP contribution in [0, 0.1) is 0 Å². The van der Waals surface area contributed by atoms with Gasteiger partial charge in [0.25, 0.3) is 0 Å². The van der Waals surface area contributed by atoms with Gasteiger partial charge in [-0.05, 0) is 107 Å². The van der Waals surface area contributed by atoms with Crippen molar-refractivity contribution in [1.82, 2.24) is 0 Å². The molecule has 0 radical (unpaired) electrons. The lowest BCUT2D eigenvalue weighted by Gasteiger charge is -2.17. The molecule has 0 aliphatic rings. The van der Waals surface area contributed by atoms with Gasteiger partial charge in [0, 0.05) is 26.9 Å². The molecule has 250 valence electrons. The predicted octanol–water partition coefficient (Wildman–Crippen LogP) is 15.1. The van der Waals surface area contributed by atoms with E-state index in [2.05, 4.69) is 182 Å². The summed E-state index contributed by atoms with van der Waals surface area (Å²) in [5.41, 5.74) is 10.6. The Morgan fingerprint density at radius 3 is 1.24 bits per heavy atom. The standard InChI is InChI=1S/C52H30O2/c1-2-12-31(13-3-1)49-40-17-7-9-19-42(40)50(43-20-10-8-18-41(43)49)34-24-26-38-37-25-22-32(28-46(37)53-47(38)30-34)33-23-27-45-48(29-33)54-52-44-21-11-5-15-36(44)35-14-4-6-16-39(35)51(45)52/h1-30H. The van der Waals surface area contributed by atoms with Crippen LogP contribution in [0.1, 0.15) is 0 Å². The summed E-state index contributed by atoms with van der Waals surface area (Å²) < 4.78 is 13.4. The molecule has 2 heterocycles. The van der Waals surface area contributed by atoms with Gasteiger partial charge in [0.15, 0.2) is 0 Å². The summed E-state index contributed by atoms with van der Waals surface area (Å²) in [5.74, 6) is 0. The summed E-state index contributed by atoms with van der Waals surface area (Å²) in [6.45, 7) is 0. The fourth-order valence-corrected chi connectivity index (χ4v) is 9.05. The van der Waals surface area contributed by atoms with Crippen molar-refractivity contribution in [3.8, 4) is 33.4 Å². The fraction of sp³-hybridized carbons (Fsp3) is 0. The lowest BCUT2D eigenvalue weighted by molar-refractivity contribution is 0.669. The Morgan fingerprint density at radius 2 is 0.648 bits per heavy atom. The zero-order valence-corrected chi connectivity index (χ0v) is 29.1. The number of benzene rings is 10. The molecule has 2 heteroatoms.